The number of aromatic nitrogens is 5. The lowest BCUT2D eigenvalue weighted by atomic mass is 9.93. The lowest BCUT2D eigenvalue weighted by molar-refractivity contribution is -0.918. The van der Waals surface area contributed by atoms with E-state index in [9.17, 15) is 9.59 Å². The molecule has 13 nitrogen and oxygen atoms in total. The third kappa shape index (κ3) is 9.82. The van der Waals surface area contributed by atoms with Gasteiger partial charge in [0.15, 0.2) is 23.0 Å². The molecule has 0 radical (unpaired) electrons. The van der Waals surface area contributed by atoms with E-state index in [4.69, 9.17) is 9.47 Å². The summed E-state index contributed by atoms with van der Waals surface area (Å²) in [7, 11) is 2.31. The van der Waals surface area contributed by atoms with Crippen LogP contribution < -0.4 is 39.3 Å². The fourth-order valence-electron chi connectivity index (χ4n) is 7.83. The monoisotopic (exact) mass is 909 g/mol. The van der Waals surface area contributed by atoms with Gasteiger partial charge in [0.25, 0.3) is 5.91 Å². The van der Waals surface area contributed by atoms with Crippen molar-refractivity contribution in [1.29, 1.82) is 0 Å². The summed E-state index contributed by atoms with van der Waals surface area (Å²) in [5.41, 5.74) is 2.41. The molecule has 3 aromatic heterocycles. The van der Waals surface area contributed by atoms with Crippen LogP contribution in [0.3, 0.4) is 0 Å². The third-order valence-corrected chi connectivity index (χ3v) is 10.8. The smallest absolute Gasteiger partial charge is 0.410 e. The lowest BCUT2D eigenvalue weighted by Gasteiger charge is -2.42. The van der Waals surface area contributed by atoms with Gasteiger partial charge < -0.3 is 53.5 Å². The molecule has 2 aliphatic rings. The highest BCUT2D eigenvalue weighted by Gasteiger charge is 2.37. The van der Waals surface area contributed by atoms with Crippen LogP contribution in [-0.2, 0) is 11.2 Å². The van der Waals surface area contributed by atoms with E-state index in [2.05, 4.69) is 37.6 Å². The standard InChI is InChI=1S/C42H49F2N9O4.HI/c1-6-29-22-30(50-37-38-48-24-33(52(38)19-17-45-37)32-10-11-34(36(44)35(32)43)56-40-46-15-7-16-47-40)8-9-31(29)39(54)49-23-27-13-20-53(5,21-14-27)26-28-12-18-51(25-28)41(55)57-42(2,3)4;/h7-11,15-17,19,22,24,27-28H,6,12-14,18,20-21,23,25-26H2,1-5H3,(H-,45,49,50,54);1H. The maximum Gasteiger partial charge on any atom is 0.410 e. The summed E-state index contributed by atoms with van der Waals surface area (Å²) in [5, 5.41) is 6.49. The number of hydrogen-bond donors (Lipinski definition) is 2. The maximum absolute atomic E-state index is 15.4. The number of imidazole rings is 1. The van der Waals surface area contributed by atoms with Crippen molar-refractivity contribution in [1.82, 2.24) is 34.6 Å². The van der Waals surface area contributed by atoms with Crippen LogP contribution in [0.5, 0.6) is 11.8 Å². The molecule has 5 aromatic rings. The Morgan fingerprint density at radius 3 is 2.45 bits per heavy atom. The number of quaternary nitrogens is 1. The molecule has 0 saturated carbocycles. The molecule has 2 amide bonds. The van der Waals surface area contributed by atoms with Gasteiger partial charge in [0.2, 0.25) is 5.82 Å². The lowest BCUT2D eigenvalue weighted by Crippen LogP contribution is -3.00. The number of ether oxygens (including phenoxy) is 2. The Labute approximate surface area is 354 Å². The summed E-state index contributed by atoms with van der Waals surface area (Å²) in [5.74, 6) is -1.46. The molecule has 2 aromatic carbocycles. The number of hydrogen-bond acceptors (Lipinski definition) is 9. The van der Waals surface area contributed by atoms with Gasteiger partial charge >= 0.3 is 12.1 Å². The van der Waals surface area contributed by atoms with E-state index >= 15 is 8.78 Å². The minimum atomic E-state index is -1.18. The molecule has 16 heteroatoms. The minimum Gasteiger partial charge on any atom is -1.00 e. The number of amides is 2. The molecule has 1 unspecified atom stereocenters. The summed E-state index contributed by atoms with van der Waals surface area (Å²) in [6.07, 6.45) is 11.0. The van der Waals surface area contributed by atoms with Crippen molar-refractivity contribution in [2.24, 2.45) is 11.8 Å². The maximum atomic E-state index is 15.4. The van der Waals surface area contributed by atoms with E-state index in [-0.39, 0.29) is 53.3 Å². The van der Waals surface area contributed by atoms with Gasteiger partial charge in [-0.25, -0.2) is 29.1 Å². The van der Waals surface area contributed by atoms with Crippen molar-refractivity contribution in [2.45, 2.75) is 59.0 Å². The van der Waals surface area contributed by atoms with E-state index in [1.807, 2.05) is 50.8 Å². The first-order valence-electron chi connectivity index (χ1n) is 19.5. The largest absolute Gasteiger partial charge is 1.00 e. The number of carbonyl (C=O) groups excluding carboxylic acids is 2. The Morgan fingerprint density at radius 2 is 1.72 bits per heavy atom. The second-order valence-corrected chi connectivity index (χ2v) is 16.3. The van der Waals surface area contributed by atoms with Gasteiger partial charge in [0, 0.05) is 80.0 Å². The Bertz CT molecular complexity index is 2240. The molecule has 0 aliphatic carbocycles. The van der Waals surface area contributed by atoms with Crippen LogP contribution in [-0.4, -0.2) is 97.6 Å². The fraction of sp³-hybridized carbons (Fsp3) is 0.429. The van der Waals surface area contributed by atoms with Gasteiger partial charge in [0.05, 0.1) is 38.6 Å². The van der Waals surface area contributed by atoms with Crippen molar-refractivity contribution in [3.63, 3.8) is 0 Å². The predicted molar refractivity (Wildman–Crippen MR) is 211 cm³/mol. The average Bonchev–Trinajstić information content (AvgIpc) is 3.84. The zero-order valence-electron chi connectivity index (χ0n) is 33.5. The summed E-state index contributed by atoms with van der Waals surface area (Å²) in [6, 6.07) is 9.77. The molecule has 7 rings (SSSR count). The van der Waals surface area contributed by atoms with E-state index in [0.29, 0.717) is 53.2 Å². The van der Waals surface area contributed by atoms with Gasteiger partial charge in [-0.05, 0) is 81.5 Å². The molecule has 2 saturated heterocycles. The molecule has 308 valence electrons. The molecular weight excluding hydrogens is 859 g/mol. The molecule has 2 fully saturated rings. The van der Waals surface area contributed by atoms with Gasteiger partial charge in [-0.2, -0.15) is 4.39 Å². The molecule has 2 aliphatic heterocycles. The van der Waals surface area contributed by atoms with Gasteiger partial charge in [-0.3, -0.25) is 9.20 Å². The second-order valence-electron chi connectivity index (χ2n) is 16.3. The van der Waals surface area contributed by atoms with Crippen molar-refractivity contribution in [2.75, 3.05) is 51.6 Å². The summed E-state index contributed by atoms with van der Waals surface area (Å²) in [4.78, 5) is 44.6. The van der Waals surface area contributed by atoms with Crippen molar-refractivity contribution < 1.29 is 56.3 Å². The normalized spacial score (nSPS) is 19.4. The van der Waals surface area contributed by atoms with Crippen LogP contribution in [0.4, 0.5) is 25.1 Å². The molecule has 0 spiro atoms. The van der Waals surface area contributed by atoms with Crippen molar-refractivity contribution in [3.8, 4) is 23.0 Å². The number of piperidine rings is 1. The Balaban J connectivity index is 0.00000567. The van der Waals surface area contributed by atoms with Crippen LogP contribution in [0, 0.1) is 23.5 Å². The van der Waals surface area contributed by atoms with Gasteiger partial charge in [0.1, 0.15) is 5.60 Å². The number of carbonyl (C=O) groups is 2. The average molecular weight is 910 g/mol. The predicted octanol–water partition coefficient (Wildman–Crippen LogP) is 4.41. The number of likely N-dealkylation sites (tertiary alicyclic amines) is 2. The number of rotatable bonds is 11. The van der Waals surface area contributed by atoms with Gasteiger partial charge in [-0.1, -0.05) is 6.92 Å². The number of benzene rings is 2. The first-order valence-corrected chi connectivity index (χ1v) is 19.5. The highest BCUT2D eigenvalue weighted by molar-refractivity contribution is 5.96. The summed E-state index contributed by atoms with van der Waals surface area (Å²) < 4.78 is 44.0. The second kappa shape index (κ2) is 17.9. The first kappa shape index (κ1) is 42.6. The van der Waals surface area contributed by atoms with E-state index in [0.717, 1.165) is 62.0 Å². The molecule has 58 heavy (non-hydrogen) atoms. The Hall–Kier alpha value is -4.97. The highest BCUT2D eigenvalue weighted by Crippen LogP contribution is 2.33. The van der Waals surface area contributed by atoms with Crippen LogP contribution >= 0.6 is 0 Å². The zero-order chi connectivity index (χ0) is 40.3. The van der Waals surface area contributed by atoms with E-state index in [1.54, 1.807) is 22.9 Å². The minimum absolute atomic E-state index is 0. The molecule has 2 N–H and O–H groups in total. The number of nitrogens with one attached hydrogen (secondary N) is 2. The van der Waals surface area contributed by atoms with Crippen LogP contribution in [0.1, 0.15) is 62.9 Å². The van der Waals surface area contributed by atoms with E-state index < -0.39 is 17.2 Å². The van der Waals surface area contributed by atoms with Crippen LogP contribution in [0.15, 0.2) is 67.4 Å². The number of anilines is 2. The van der Waals surface area contributed by atoms with Gasteiger partial charge in [-0.15, -0.1) is 0 Å². The quantitative estimate of drug-likeness (QED) is 0.146. The number of fused-ring (bicyclic) bond motifs is 1. The molecule has 5 heterocycles. The van der Waals surface area contributed by atoms with Crippen LogP contribution in [0.2, 0.25) is 0 Å². The Kier molecular flexibility index (Phi) is 13.1. The molecular formula is C42H50F2IN9O4. The van der Waals surface area contributed by atoms with Crippen molar-refractivity contribution >= 4 is 29.2 Å². The molecule has 0 bridgehead atoms. The zero-order valence-corrected chi connectivity index (χ0v) is 35.6. The number of nitrogens with zero attached hydrogens (tertiary/aromatic N) is 7. The number of aryl methyl sites for hydroxylation is 1. The number of halogens is 3. The van der Waals surface area contributed by atoms with Crippen LogP contribution in [0.25, 0.3) is 16.9 Å². The van der Waals surface area contributed by atoms with E-state index in [1.165, 1.54) is 30.7 Å². The topological polar surface area (TPSA) is 136 Å². The summed E-state index contributed by atoms with van der Waals surface area (Å²) in [6.45, 7) is 12.9. The Morgan fingerprint density at radius 1 is 0.966 bits per heavy atom. The third-order valence-electron chi connectivity index (χ3n) is 10.8. The fourth-order valence-corrected chi connectivity index (χ4v) is 7.83. The first-order chi connectivity index (χ1) is 27.3. The summed E-state index contributed by atoms with van der Waals surface area (Å²) >= 11 is 0. The molecule has 1 atom stereocenters. The SMILES string of the molecule is CCc1cc(Nc2nccn3c(-c4ccc(Oc5ncccn5)c(F)c4F)cnc23)ccc1C(=O)NCC1CC[N+](C)(CC2CCN(C(=O)OC(C)(C)C)C2)CC1.[I-]. The van der Waals surface area contributed by atoms with Crippen molar-refractivity contribution in [3.05, 3.63) is 90.1 Å². The highest BCUT2D eigenvalue weighted by atomic mass is 127.